The minimum absolute atomic E-state index is 0.424. The summed E-state index contributed by atoms with van der Waals surface area (Å²) in [5.41, 5.74) is 8.25. The van der Waals surface area contributed by atoms with Crippen molar-refractivity contribution < 1.29 is 0 Å². The number of nitrogen functional groups attached to an aromatic ring is 1. The molecule has 1 aliphatic carbocycles. The highest BCUT2D eigenvalue weighted by atomic mass is 15.2. The fourth-order valence-corrected chi connectivity index (χ4v) is 3.67. The lowest BCUT2D eigenvalue weighted by Crippen LogP contribution is -2.46. The number of fused-ring (bicyclic) bond motifs is 3. The lowest BCUT2D eigenvalue weighted by Gasteiger charge is -2.44. The standard InChI is InChI=1S/C14H22N4/c1-2-7-18-8-3-4-10-11-9-16-14(15)17-12(11)5-6-13(10)18/h9-10,13H,2-8H2,1H3,(H2,15,16,17)/t10-,13-/m1/s1. The van der Waals surface area contributed by atoms with Crippen LogP contribution in [0.2, 0.25) is 0 Å². The van der Waals surface area contributed by atoms with Crippen molar-refractivity contribution in [3.05, 3.63) is 17.5 Å². The van der Waals surface area contributed by atoms with Crippen LogP contribution in [0.3, 0.4) is 0 Å². The Morgan fingerprint density at radius 3 is 3.17 bits per heavy atom. The van der Waals surface area contributed by atoms with Crippen LogP contribution in [-0.4, -0.2) is 34.0 Å². The zero-order chi connectivity index (χ0) is 12.5. The van der Waals surface area contributed by atoms with E-state index in [9.17, 15) is 0 Å². The molecule has 1 saturated heterocycles. The predicted molar refractivity (Wildman–Crippen MR) is 72.4 cm³/mol. The van der Waals surface area contributed by atoms with Gasteiger partial charge in [-0.05, 0) is 50.8 Å². The minimum Gasteiger partial charge on any atom is -0.368 e. The lowest BCUT2D eigenvalue weighted by atomic mass is 9.76. The second-order valence-corrected chi connectivity index (χ2v) is 5.52. The number of anilines is 1. The van der Waals surface area contributed by atoms with Crippen molar-refractivity contribution in [3.8, 4) is 0 Å². The zero-order valence-electron chi connectivity index (χ0n) is 11.1. The van der Waals surface area contributed by atoms with Crippen LogP contribution in [0.25, 0.3) is 0 Å². The zero-order valence-corrected chi connectivity index (χ0v) is 11.1. The van der Waals surface area contributed by atoms with Crippen molar-refractivity contribution in [2.75, 3.05) is 18.8 Å². The number of hydrogen-bond donors (Lipinski definition) is 1. The van der Waals surface area contributed by atoms with Crippen molar-refractivity contribution >= 4 is 5.95 Å². The van der Waals surface area contributed by atoms with Crippen molar-refractivity contribution in [3.63, 3.8) is 0 Å². The number of aromatic nitrogens is 2. The number of likely N-dealkylation sites (tertiary alicyclic amines) is 1. The van der Waals surface area contributed by atoms with E-state index in [0.29, 0.717) is 17.9 Å². The van der Waals surface area contributed by atoms with Gasteiger partial charge < -0.3 is 5.73 Å². The molecule has 3 rings (SSSR count). The van der Waals surface area contributed by atoms with Crippen LogP contribution in [0.1, 0.15) is 49.8 Å². The van der Waals surface area contributed by atoms with Crippen LogP contribution in [0, 0.1) is 0 Å². The summed E-state index contributed by atoms with van der Waals surface area (Å²) in [7, 11) is 0. The van der Waals surface area contributed by atoms with E-state index in [1.807, 2.05) is 6.20 Å². The fraction of sp³-hybridized carbons (Fsp3) is 0.714. The second kappa shape index (κ2) is 4.84. The Kier molecular flexibility index (Phi) is 3.20. The molecule has 0 spiro atoms. The second-order valence-electron chi connectivity index (χ2n) is 5.52. The molecule has 2 atom stereocenters. The van der Waals surface area contributed by atoms with Gasteiger partial charge in [-0.3, -0.25) is 4.90 Å². The van der Waals surface area contributed by atoms with Crippen molar-refractivity contribution in [1.82, 2.24) is 14.9 Å². The third-order valence-electron chi connectivity index (χ3n) is 4.40. The van der Waals surface area contributed by atoms with E-state index < -0.39 is 0 Å². The van der Waals surface area contributed by atoms with Gasteiger partial charge in [0.05, 0.1) is 0 Å². The average Bonchev–Trinajstić information content (AvgIpc) is 2.38. The summed E-state index contributed by atoms with van der Waals surface area (Å²) in [4.78, 5) is 11.3. The molecule has 18 heavy (non-hydrogen) atoms. The number of nitrogens with two attached hydrogens (primary N) is 1. The Hall–Kier alpha value is -1.16. The summed E-state index contributed by atoms with van der Waals surface area (Å²) in [5.74, 6) is 1.06. The van der Waals surface area contributed by atoms with E-state index in [0.717, 1.165) is 6.42 Å². The first-order valence-corrected chi connectivity index (χ1v) is 7.15. The molecule has 2 N–H and O–H groups in total. The first kappa shape index (κ1) is 11.9. The minimum atomic E-state index is 0.424. The van der Waals surface area contributed by atoms with Crippen LogP contribution in [0.15, 0.2) is 6.20 Å². The maximum absolute atomic E-state index is 5.69. The van der Waals surface area contributed by atoms with Gasteiger partial charge in [-0.2, -0.15) is 0 Å². The van der Waals surface area contributed by atoms with Crippen molar-refractivity contribution in [2.45, 2.75) is 51.0 Å². The number of rotatable bonds is 2. The summed E-state index contributed by atoms with van der Waals surface area (Å²) in [6, 6.07) is 0.707. The van der Waals surface area contributed by atoms with Crippen LogP contribution >= 0.6 is 0 Å². The van der Waals surface area contributed by atoms with Crippen LogP contribution < -0.4 is 5.73 Å². The third kappa shape index (κ3) is 1.99. The SMILES string of the molecule is CCCN1CCC[C@@H]2c3cnc(N)nc3CC[C@H]21. The Bertz CT molecular complexity index is 430. The Balaban J connectivity index is 1.89. The highest BCUT2D eigenvalue weighted by Gasteiger charge is 2.36. The van der Waals surface area contributed by atoms with Crippen LogP contribution in [0.5, 0.6) is 0 Å². The summed E-state index contributed by atoms with van der Waals surface area (Å²) < 4.78 is 0. The number of nitrogens with zero attached hydrogens (tertiary/aromatic N) is 3. The molecule has 1 aromatic heterocycles. The van der Waals surface area contributed by atoms with Crippen LogP contribution in [0.4, 0.5) is 5.95 Å². The quantitative estimate of drug-likeness (QED) is 0.866. The van der Waals surface area contributed by atoms with Gasteiger partial charge in [0.1, 0.15) is 0 Å². The smallest absolute Gasteiger partial charge is 0.220 e. The van der Waals surface area contributed by atoms with E-state index >= 15 is 0 Å². The molecule has 0 aromatic carbocycles. The number of piperidine rings is 1. The lowest BCUT2D eigenvalue weighted by molar-refractivity contribution is 0.112. The van der Waals surface area contributed by atoms with Crippen molar-refractivity contribution in [1.29, 1.82) is 0 Å². The molecule has 0 amide bonds. The molecule has 2 aliphatic rings. The first-order chi connectivity index (χ1) is 8.79. The Labute approximate surface area is 109 Å². The summed E-state index contributed by atoms with van der Waals surface area (Å²) in [6.45, 7) is 4.76. The molecular formula is C14H22N4. The van der Waals surface area contributed by atoms with Crippen LogP contribution in [-0.2, 0) is 6.42 Å². The number of hydrogen-bond acceptors (Lipinski definition) is 4. The summed E-state index contributed by atoms with van der Waals surface area (Å²) >= 11 is 0. The Morgan fingerprint density at radius 1 is 1.44 bits per heavy atom. The van der Waals surface area contributed by atoms with Gasteiger partial charge in [-0.15, -0.1) is 0 Å². The number of aryl methyl sites for hydroxylation is 1. The highest BCUT2D eigenvalue weighted by Crippen LogP contribution is 2.39. The van der Waals surface area contributed by atoms with Gasteiger partial charge in [-0.1, -0.05) is 6.92 Å². The first-order valence-electron chi connectivity index (χ1n) is 7.15. The fourth-order valence-electron chi connectivity index (χ4n) is 3.67. The van der Waals surface area contributed by atoms with Gasteiger partial charge in [0.2, 0.25) is 5.95 Å². The van der Waals surface area contributed by atoms with Gasteiger partial charge >= 0.3 is 0 Å². The van der Waals surface area contributed by atoms with E-state index in [1.54, 1.807) is 0 Å². The molecule has 0 radical (unpaired) electrons. The monoisotopic (exact) mass is 246 g/mol. The van der Waals surface area contributed by atoms with E-state index in [-0.39, 0.29) is 0 Å². The molecular weight excluding hydrogens is 224 g/mol. The maximum Gasteiger partial charge on any atom is 0.220 e. The predicted octanol–water partition coefficient (Wildman–Crippen LogP) is 1.96. The Morgan fingerprint density at radius 2 is 2.33 bits per heavy atom. The van der Waals surface area contributed by atoms with E-state index in [4.69, 9.17) is 5.73 Å². The molecule has 0 unspecified atom stereocenters. The molecule has 0 saturated carbocycles. The molecule has 4 heteroatoms. The van der Waals surface area contributed by atoms with Gasteiger partial charge in [0.15, 0.2) is 0 Å². The average molecular weight is 246 g/mol. The maximum atomic E-state index is 5.69. The normalized spacial score (nSPS) is 27.6. The van der Waals surface area contributed by atoms with Gasteiger partial charge in [0, 0.05) is 23.9 Å². The molecule has 4 nitrogen and oxygen atoms in total. The molecule has 1 fully saturated rings. The molecule has 2 heterocycles. The van der Waals surface area contributed by atoms with E-state index in [2.05, 4.69) is 21.8 Å². The molecule has 1 aromatic rings. The van der Waals surface area contributed by atoms with Gasteiger partial charge in [0.25, 0.3) is 0 Å². The summed E-state index contributed by atoms with van der Waals surface area (Å²) in [5, 5.41) is 0. The largest absolute Gasteiger partial charge is 0.368 e. The molecule has 98 valence electrons. The third-order valence-corrected chi connectivity index (χ3v) is 4.40. The van der Waals surface area contributed by atoms with Crippen molar-refractivity contribution in [2.24, 2.45) is 0 Å². The summed E-state index contributed by atoms with van der Waals surface area (Å²) in [6.07, 6.45) is 8.09. The topological polar surface area (TPSA) is 55.0 Å². The molecule has 1 aliphatic heterocycles. The molecule has 0 bridgehead atoms. The highest BCUT2D eigenvalue weighted by molar-refractivity contribution is 5.32. The van der Waals surface area contributed by atoms with Gasteiger partial charge in [-0.25, -0.2) is 9.97 Å². The van der Waals surface area contributed by atoms with E-state index in [1.165, 1.54) is 50.0 Å².